The molecule has 1 aliphatic heterocycles. The minimum absolute atomic E-state index is 0.150. The molecule has 1 heterocycles. The first-order valence-electron chi connectivity index (χ1n) is 4.99. The van der Waals surface area contributed by atoms with Crippen molar-refractivity contribution in [1.82, 2.24) is 0 Å². The van der Waals surface area contributed by atoms with Crippen LogP contribution in [0.4, 0.5) is 11.4 Å². The van der Waals surface area contributed by atoms with Gasteiger partial charge in [0.05, 0.1) is 11.4 Å². The van der Waals surface area contributed by atoms with E-state index in [1.807, 2.05) is 0 Å². The summed E-state index contributed by atoms with van der Waals surface area (Å²) in [6.45, 7) is -0.150. The first-order chi connectivity index (χ1) is 8.08. The molecule has 1 aromatic rings. The zero-order valence-corrected chi connectivity index (χ0v) is 8.84. The van der Waals surface area contributed by atoms with Gasteiger partial charge in [-0.2, -0.15) is 0 Å². The van der Waals surface area contributed by atoms with E-state index in [1.54, 1.807) is 24.3 Å². The summed E-state index contributed by atoms with van der Waals surface area (Å²) in [7, 11) is 0. The van der Waals surface area contributed by atoms with E-state index in [2.05, 4.69) is 5.32 Å². The molecule has 0 aromatic heterocycles. The number of nitrogens with one attached hydrogen (secondary N) is 1. The van der Waals surface area contributed by atoms with Gasteiger partial charge in [0.25, 0.3) is 0 Å². The molecule has 88 valence electrons. The van der Waals surface area contributed by atoms with Crippen LogP contribution in [0.2, 0.25) is 0 Å². The molecule has 0 radical (unpaired) electrons. The van der Waals surface area contributed by atoms with Crippen LogP contribution in [0.3, 0.4) is 0 Å². The molecule has 2 N–H and O–H groups in total. The first kappa shape index (κ1) is 11.1. The van der Waals surface area contributed by atoms with Crippen molar-refractivity contribution in [3.05, 3.63) is 24.3 Å². The molecule has 2 rings (SSSR count). The van der Waals surface area contributed by atoms with Crippen LogP contribution in [-0.4, -0.2) is 29.4 Å². The van der Waals surface area contributed by atoms with Gasteiger partial charge in [0.15, 0.2) is 0 Å². The molecular formula is C11H10N2O4. The lowest BCUT2D eigenvalue weighted by molar-refractivity contribution is -0.140. The highest BCUT2D eigenvalue weighted by Crippen LogP contribution is 2.29. The Morgan fingerprint density at radius 1 is 1.35 bits per heavy atom. The van der Waals surface area contributed by atoms with Crippen LogP contribution in [0, 0.1) is 0 Å². The number of carboxylic acids is 1. The summed E-state index contributed by atoms with van der Waals surface area (Å²) in [6, 6.07) is 6.77. The monoisotopic (exact) mass is 234 g/mol. The lowest BCUT2D eigenvalue weighted by atomic mass is 10.2. The lowest BCUT2D eigenvalue weighted by Crippen LogP contribution is -2.42. The number of fused-ring (bicyclic) bond motifs is 1. The average molecular weight is 234 g/mol. The van der Waals surface area contributed by atoms with E-state index in [1.165, 1.54) is 4.90 Å². The zero-order chi connectivity index (χ0) is 12.4. The largest absolute Gasteiger partial charge is 0.481 e. The summed E-state index contributed by atoms with van der Waals surface area (Å²) in [5.74, 6) is -2.14. The van der Waals surface area contributed by atoms with Crippen molar-refractivity contribution >= 4 is 29.2 Å². The predicted octanol–water partition coefficient (Wildman–Crippen LogP) is 0.446. The minimum atomic E-state index is -1.21. The van der Waals surface area contributed by atoms with Crippen LogP contribution in [0.1, 0.15) is 6.42 Å². The molecule has 0 bridgehead atoms. The van der Waals surface area contributed by atoms with E-state index in [4.69, 9.17) is 5.11 Å². The third-order valence-corrected chi connectivity index (χ3v) is 2.37. The van der Waals surface area contributed by atoms with Gasteiger partial charge in [-0.25, -0.2) is 0 Å². The molecule has 0 unspecified atom stereocenters. The molecule has 1 aliphatic rings. The van der Waals surface area contributed by atoms with Crippen molar-refractivity contribution in [3.63, 3.8) is 0 Å². The van der Waals surface area contributed by atoms with E-state index in [0.717, 1.165) is 0 Å². The van der Waals surface area contributed by atoms with Gasteiger partial charge in [-0.1, -0.05) is 12.1 Å². The fourth-order valence-electron chi connectivity index (χ4n) is 1.68. The van der Waals surface area contributed by atoms with Crippen LogP contribution in [0.5, 0.6) is 0 Å². The number of rotatable bonds is 2. The fourth-order valence-corrected chi connectivity index (χ4v) is 1.68. The summed E-state index contributed by atoms with van der Waals surface area (Å²) < 4.78 is 0. The second-order valence-electron chi connectivity index (χ2n) is 3.62. The zero-order valence-electron chi connectivity index (χ0n) is 8.84. The summed E-state index contributed by atoms with van der Waals surface area (Å²) >= 11 is 0. The number of hydrogen-bond acceptors (Lipinski definition) is 3. The molecule has 0 atom stereocenters. The van der Waals surface area contributed by atoms with E-state index in [9.17, 15) is 14.4 Å². The van der Waals surface area contributed by atoms with Gasteiger partial charge in [-0.15, -0.1) is 0 Å². The van der Waals surface area contributed by atoms with E-state index in [0.29, 0.717) is 11.4 Å². The van der Waals surface area contributed by atoms with Gasteiger partial charge in [-0.3, -0.25) is 14.4 Å². The Morgan fingerprint density at radius 3 is 2.76 bits per heavy atom. The molecule has 0 spiro atoms. The second-order valence-corrected chi connectivity index (χ2v) is 3.62. The highest BCUT2D eigenvalue weighted by atomic mass is 16.4. The fraction of sp³-hybridized carbons (Fsp3) is 0.182. The Balaban J connectivity index is 2.32. The van der Waals surface area contributed by atoms with Crippen molar-refractivity contribution in [1.29, 1.82) is 0 Å². The normalized spacial score (nSPS) is 13.9. The second kappa shape index (κ2) is 4.25. The molecular weight excluding hydrogens is 224 g/mol. The smallest absolute Gasteiger partial charge is 0.312 e. The first-order valence-corrected chi connectivity index (χ1v) is 4.99. The van der Waals surface area contributed by atoms with E-state index in [-0.39, 0.29) is 12.5 Å². The number of carboxylic acid groups (broad SMARTS) is 1. The molecule has 0 saturated carbocycles. The van der Waals surface area contributed by atoms with E-state index >= 15 is 0 Å². The van der Waals surface area contributed by atoms with Crippen LogP contribution >= 0.6 is 0 Å². The van der Waals surface area contributed by atoms with Gasteiger partial charge in [0.1, 0.15) is 13.0 Å². The number of aliphatic carboxylic acids is 1. The number of para-hydroxylation sites is 2. The van der Waals surface area contributed by atoms with Crippen LogP contribution < -0.4 is 10.2 Å². The van der Waals surface area contributed by atoms with Gasteiger partial charge in [-0.05, 0) is 12.1 Å². The quantitative estimate of drug-likeness (QED) is 0.727. The number of carbonyl (C=O) groups excluding carboxylic acids is 2. The number of anilines is 2. The lowest BCUT2D eigenvalue weighted by Gasteiger charge is -2.28. The van der Waals surface area contributed by atoms with Gasteiger partial charge in [0, 0.05) is 0 Å². The third kappa shape index (κ3) is 2.25. The Bertz CT molecular complexity index is 498. The summed E-state index contributed by atoms with van der Waals surface area (Å²) in [5.41, 5.74) is 1.04. The highest BCUT2D eigenvalue weighted by Gasteiger charge is 2.27. The molecule has 0 saturated heterocycles. The van der Waals surface area contributed by atoms with Crippen molar-refractivity contribution in [2.24, 2.45) is 0 Å². The van der Waals surface area contributed by atoms with Crippen molar-refractivity contribution in [3.8, 4) is 0 Å². The molecule has 0 fully saturated rings. The van der Waals surface area contributed by atoms with Gasteiger partial charge in [0.2, 0.25) is 11.8 Å². The maximum absolute atomic E-state index is 11.7. The number of carbonyl (C=O) groups is 3. The van der Waals surface area contributed by atoms with Crippen molar-refractivity contribution in [2.75, 3.05) is 16.8 Å². The maximum Gasteiger partial charge on any atom is 0.312 e. The average Bonchev–Trinajstić information content (AvgIpc) is 2.26. The maximum atomic E-state index is 11.7. The summed E-state index contributed by atoms with van der Waals surface area (Å²) in [6.07, 6.45) is -0.623. The molecule has 1 aromatic carbocycles. The molecule has 6 nitrogen and oxygen atoms in total. The summed E-state index contributed by atoms with van der Waals surface area (Å²) in [5, 5.41) is 11.2. The molecule has 6 heteroatoms. The Kier molecular flexibility index (Phi) is 2.78. The Hall–Kier alpha value is -2.37. The van der Waals surface area contributed by atoms with Gasteiger partial charge >= 0.3 is 5.97 Å². The standard InChI is InChI=1S/C11H10N2O4/c14-9-6-13(10(15)5-11(16)17)8-4-2-1-3-7(8)12-9/h1-4H,5-6H2,(H,12,14)(H,16,17). The Labute approximate surface area is 96.8 Å². The number of amides is 2. The van der Waals surface area contributed by atoms with Crippen molar-refractivity contribution < 1.29 is 19.5 Å². The molecule has 17 heavy (non-hydrogen) atoms. The topological polar surface area (TPSA) is 86.7 Å². The third-order valence-electron chi connectivity index (χ3n) is 2.37. The Morgan fingerprint density at radius 2 is 2.06 bits per heavy atom. The van der Waals surface area contributed by atoms with Gasteiger partial charge < -0.3 is 15.3 Å². The van der Waals surface area contributed by atoms with E-state index < -0.39 is 18.3 Å². The van der Waals surface area contributed by atoms with Crippen molar-refractivity contribution in [2.45, 2.75) is 6.42 Å². The highest BCUT2D eigenvalue weighted by molar-refractivity contribution is 6.12. The van der Waals surface area contributed by atoms with Crippen LogP contribution in [-0.2, 0) is 14.4 Å². The SMILES string of the molecule is O=C(O)CC(=O)N1CC(=O)Nc2ccccc21. The van der Waals surface area contributed by atoms with Crippen LogP contribution in [0.15, 0.2) is 24.3 Å². The minimum Gasteiger partial charge on any atom is -0.481 e. The number of nitrogens with zero attached hydrogens (tertiary/aromatic N) is 1. The molecule has 2 amide bonds. The molecule has 0 aliphatic carbocycles. The number of hydrogen-bond donors (Lipinski definition) is 2. The van der Waals surface area contributed by atoms with Crippen LogP contribution in [0.25, 0.3) is 0 Å². The summed E-state index contributed by atoms with van der Waals surface area (Å²) in [4.78, 5) is 34.7. The number of benzene rings is 1. The predicted molar refractivity (Wildman–Crippen MR) is 59.7 cm³/mol.